The summed E-state index contributed by atoms with van der Waals surface area (Å²) in [5, 5.41) is 18.0. The highest BCUT2D eigenvalue weighted by Crippen LogP contribution is 2.04. The summed E-state index contributed by atoms with van der Waals surface area (Å²) in [5.41, 5.74) is 0. The topological polar surface area (TPSA) is 57.5 Å². The Bertz CT molecular complexity index is 316. The molecule has 0 rings (SSSR count). The van der Waals surface area contributed by atoms with E-state index in [9.17, 15) is 9.90 Å². The summed E-state index contributed by atoms with van der Waals surface area (Å²) < 4.78 is 0. The first-order valence-corrected chi connectivity index (χ1v) is 7.53. The molecule has 0 aromatic heterocycles. The zero-order valence-electron chi connectivity index (χ0n) is 12.5. The van der Waals surface area contributed by atoms with Crippen molar-refractivity contribution >= 4 is 5.97 Å². The highest BCUT2D eigenvalue weighted by atomic mass is 16.4. The molecule has 1 atom stereocenters. The van der Waals surface area contributed by atoms with Crippen LogP contribution in [0.25, 0.3) is 0 Å². The van der Waals surface area contributed by atoms with Gasteiger partial charge in [0.15, 0.2) is 0 Å². The van der Waals surface area contributed by atoms with Crippen molar-refractivity contribution in [1.82, 2.24) is 0 Å². The highest BCUT2D eigenvalue weighted by Gasteiger charge is 1.95. The number of carbonyl (C=O) groups is 1. The predicted octanol–water partition coefficient (Wildman–Crippen LogP) is 4.24. The minimum Gasteiger partial charge on any atom is -0.481 e. The van der Waals surface area contributed by atoms with Gasteiger partial charge in [-0.2, -0.15) is 0 Å². The number of aliphatic hydroxyl groups is 1. The molecule has 0 spiro atoms. The van der Waals surface area contributed by atoms with Crippen LogP contribution in [0.3, 0.4) is 0 Å². The van der Waals surface area contributed by atoms with Crippen molar-refractivity contribution in [2.45, 2.75) is 64.4 Å². The number of allylic oxidation sites excluding steroid dienone is 4. The molecule has 0 saturated heterocycles. The van der Waals surface area contributed by atoms with Crippen LogP contribution in [0.4, 0.5) is 0 Å². The minimum absolute atomic E-state index is 0.279. The van der Waals surface area contributed by atoms with E-state index in [4.69, 9.17) is 5.11 Å². The first-order chi connectivity index (χ1) is 9.66. The van der Waals surface area contributed by atoms with E-state index in [0.29, 0.717) is 6.42 Å². The van der Waals surface area contributed by atoms with Crippen LogP contribution in [0.5, 0.6) is 0 Å². The zero-order valence-corrected chi connectivity index (χ0v) is 12.5. The van der Waals surface area contributed by atoms with Crippen molar-refractivity contribution in [3.05, 3.63) is 36.5 Å². The molecule has 3 nitrogen and oxygen atoms in total. The number of carboxylic acids is 1. The third-order valence-electron chi connectivity index (χ3n) is 2.84. The van der Waals surface area contributed by atoms with Crippen molar-refractivity contribution in [3.8, 4) is 0 Å². The van der Waals surface area contributed by atoms with Crippen LogP contribution in [-0.2, 0) is 4.79 Å². The predicted molar refractivity (Wildman–Crippen MR) is 83.7 cm³/mol. The largest absolute Gasteiger partial charge is 0.481 e. The summed E-state index contributed by atoms with van der Waals surface area (Å²) in [7, 11) is 0. The standard InChI is InChI=1S/C17H28O3/c1-2-3-13-16(18)14-11-9-7-5-4-6-8-10-12-15-17(19)20/h3-5,9,11,13,16,18H,2,6-8,10,12,14-15H2,1H3,(H,19,20)/b5-4-,11-9-,13-3+. The molecule has 0 amide bonds. The molecule has 114 valence electrons. The Hall–Kier alpha value is -1.35. The molecule has 1 unspecified atom stereocenters. The minimum atomic E-state index is -0.707. The van der Waals surface area contributed by atoms with E-state index < -0.39 is 5.97 Å². The van der Waals surface area contributed by atoms with Crippen LogP contribution in [0, 0.1) is 0 Å². The van der Waals surface area contributed by atoms with Crippen molar-refractivity contribution in [2.24, 2.45) is 0 Å². The lowest BCUT2D eigenvalue weighted by Gasteiger charge is -1.99. The molecule has 0 aliphatic rings. The van der Waals surface area contributed by atoms with Crippen molar-refractivity contribution in [1.29, 1.82) is 0 Å². The first-order valence-electron chi connectivity index (χ1n) is 7.53. The maximum atomic E-state index is 10.3. The number of rotatable bonds is 12. The number of aliphatic carboxylic acids is 1. The van der Waals surface area contributed by atoms with Gasteiger partial charge in [-0.15, -0.1) is 0 Å². The third-order valence-corrected chi connectivity index (χ3v) is 2.84. The summed E-state index contributed by atoms with van der Waals surface area (Å²) in [6, 6.07) is 0. The van der Waals surface area contributed by atoms with Gasteiger partial charge in [-0.25, -0.2) is 0 Å². The molecule has 0 aliphatic carbocycles. The molecule has 0 bridgehead atoms. The second-order valence-electron chi connectivity index (χ2n) is 4.81. The van der Waals surface area contributed by atoms with Crippen LogP contribution < -0.4 is 0 Å². The quantitative estimate of drug-likeness (QED) is 0.415. The molecule has 0 aliphatic heterocycles. The van der Waals surface area contributed by atoms with E-state index in [1.807, 2.05) is 25.2 Å². The summed E-state index contributed by atoms with van der Waals surface area (Å²) in [4.78, 5) is 10.3. The molecular formula is C17H28O3. The normalized spacial score (nSPS) is 13.7. The average Bonchev–Trinajstić information content (AvgIpc) is 2.42. The molecule has 0 radical (unpaired) electrons. The van der Waals surface area contributed by atoms with Crippen LogP contribution in [0.2, 0.25) is 0 Å². The SMILES string of the molecule is CC/C=C/C(O)C/C=C\C/C=C\CCCCCC(=O)O. The van der Waals surface area contributed by atoms with Crippen molar-refractivity contribution in [3.63, 3.8) is 0 Å². The summed E-state index contributed by atoms with van der Waals surface area (Å²) >= 11 is 0. The van der Waals surface area contributed by atoms with Gasteiger partial charge in [0, 0.05) is 6.42 Å². The van der Waals surface area contributed by atoms with Gasteiger partial charge >= 0.3 is 5.97 Å². The van der Waals surface area contributed by atoms with Crippen LogP contribution in [-0.4, -0.2) is 22.3 Å². The van der Waals surface area contributed by atoms with E-state index in [1.54, 1.807) is 0 Å². The lowest BCUT2D eigenvalue weighted by molar-refractivity contribution is -0.137. The first kappa shape index (κ1) is 18.7. The lowest BCUT2D eigenvalue weighted by atomic mass is 10.1. The van der Waals surface area contributed by atoms with Gasteiger partial charge in [0.25, 0.3) is 0 Å². The fourth-order valence-corrected chi connectivity index (χ4v) is 1.71. The maximum absolute atomic E-state index is 10.3. The van der Waals surface area contributed by atoms with Gasteiger partial charge in [-0.05, 0) is 38.5 Å². The second kappa shape index (κ2) is 14.1. The lowest BCUT2D eigenvalue weighted by Crippen LogP contribution is -1.98. The number of carboxylic acid groups (broad SMARTS) is 1. The van der Waals surface area contributed by atoms with Gasteiger partial charge in [0.1, 0.15) is 0 Å². The molecule has 20 heavy (non-hydrogen) atoms. The number of hydrogen-bond donors (Lipinski definition) is 2. The van der Waals surface area contributed by atoms with Gasteiger partial charge < -0.3 is 10.2 Å². The number of unbranched alkanes of at least 4 members (excludes halogenated alkanes) is 3. The van der Waals surface area contributed by atoms with Gasteiger partial charge in [-0.1, -0.05) is 49.8 Å². The molecule has 0 aromatic carbocycles. The monoisotopic (exact) mass is 280 g/mol. The Kier molecular flexibility index (Phi) is 13.1. The summed E-state index contributed by atoms with van der Waals surface area (Å²) in [6.45, 7) is 2.05. The van der Waals surface area contributed by atoms with Crippen molar-refractivity contribution < 1.29 is 15.0 Å². The fraction of sp³-hybridized carbons (Fsp3) is 0.588. The number of hydrogen-bond acceptors (Lipinski definition) is 2. The van der Waals surface area contributed by atoms with E-state index in [0.717, 1.165) is 38.5 Å². The Balaban J connectivity index is 3.43. The Labute approximate surface area is 122 Å². The highest BCUT2D eigenvalue weighted by molar-refractivity contribution is 5.66. The average molecular weight is 280 g/mol. The van der Waals surface area contributed by atoms with E-state index in [2.05, 4.69) is 18.2 Å². The van der Waals surface area contributed by atoms with Crippen molar-refractivity contribution in [2.75, 3.05) is 0 Å². The molecule has 3 heteroatoms. The Morgan fingerprint density at radius 2 is 1.80 bits per heavy atom. The van der Waals surface area contributed by atoms with Crippen LogP contribution in [0.15, 0.2) is 36.5 Å². The smallest absolute Gasteiger partial charge is 0.303 e. The van der Waals surface area contributed by atoms with Gasteiger partial charge in [0.2, 0.25) is 0 Å². The molecule has 0 heterocycles. The van der Waals surface area contributed by atoms with E-state index >= 15 is 0 Å². The van der Waals surface area contributed by atoms with E-state index in [-0.39, 0.29) is 12.5 Å². The van der Waals surface area contributed by atoms with Gasteiger partial charge in [-0.3, -0.25) is 4.79 Å². The molecule has 0 saturated carbocycles. The van der Waals surface area contributed by atoms with Gasteiger partial charge in [0.05, 0.1) is 6.10 Å². The summed E-state index contributed by atoms with van der Waals surface area (Å²) in [6.07, 6.45) is 18.3. The molecular weight excluding hydrogens is 252 g/mol. The molecule has 0 aromatic rings. The Morgan fingerprint density at radius 1 is 1.05 bits per heavy atom. The van der Waals surface area contributed by atoms with Crippen LogP contribution >= 0.6 is 0 Å². The Morgan fingerprint density at radius 3 is 2.50 bits per heavy atom. The van der Waals surface area contributed by atoms with Crippen LogP contribution in [0.1, 0.15) is 58.3 Å². The second-order valence-corrected chi connectivity index (χ2v) is 4.81. The molecule has 0 fully saturated rings. The fourth-order valence-electron chi connectivity index (χ4n) is 1.71. The zero-order chi connectivity index (χ0) is 15.1. The number of aliphatic hydroxyl groups excluding tert-OH is 1. The third kappa shape index (κ3) is 14.7. The maximum Gasteiger partial charge on any atom is 0.303 e. The molecule has 2 N–H and O–H groups in total. The summed E-state index contributed by atoms with van der Waals surface area (Å²) in [5.74, 6) is -0.707. The van der Waals surface area contributed by atoms with E-state index in [1.165, 1.54) is 0 Å².